The fourth-order valence-electron chi connectivity index (χ4n) is 3.84. The van der Waals surface area contributed by atoms with Crippen LogP contribution in [-0.4, -0.2) is 30.6 Å². The van der Waals surface area contributed by atoms with Crippen LogP contribution in [0.2, 0.25) is 0 Å². The Bertz CT molecular complexity index is 428. The summed E-state index contributed by atoms with van der Waals surface area (Å²) in [6.45, 7) is 7.89. The minimum absolute atomic E-state index is 0.417. The minimum Gasteiger partial charge on any atom is -0.465 e. The van der Waals surface area contributed by atoms with Crippen molar-refractivity contribution in [2.75, 3.05) is 19.6 Å². The Morgan fingerprint density at radius 2 is 1.90 bits per heavy atom. The number of nitrogens with one attached hydrogen (secondary N) is 1. The lowest BCUT2D eigenvalue weighted by Crippen LogP contribution is -2.40. The van der Waals surface area contributed by atoms with E-state index in [-0.39, 0.29) is 0 Å². The first kappa shape index (κ1) is 15.1. The maximum Gasteiger partial charge on any atom is 0.122 e. The van der Waals surface area contributed by atoms with Gasteiger partial charge in [0.25, 0.3) is 0 Å². The maximum absolute atomic E-state index is 5.93. The predicted octanol–water partition coefficient (Wildman–Crippen LogP) is 3.89. The molecule has 2 heterocycles. The largest absolute Gasteiger partial charge is 0.465 e. The molecule has 3 heteroatoms. The third-order valence-electron chi connectivity index (χ3n) is 5.29. The summed E-state index contributed by atoms with van der Waals surface area (Å²) in [4.78, 5) is 2.59. The summed E-state index contributed by atoms with van der Waals surface area (Å²) < 4.78 is 5.93. The second-order valence-electron chi connectivity index (χ2n) is 7.07. The normalized spacial score (nSPS) is 28.9. The highest BCUT2D eigenvalue weighted by atomic mass is 16.3. The van der Waals surface area contributed by atoms with Gasteiger partial charge in [-0.05, 0) is 76.6 Å². The Balaban J connectivity index is 1.59. The van der Waals surface area contributed by atoms with Gasteiger partial charge in [-0.15, -0.1) is 0 Å². The van der Waals surface area contributed by atoms with Crippen molar-refractivity contribution in [2.24, 2.45) is 5.92 Å². The van der Waals surface area contributed by atoms with Crippen molar-refractivity contribution >= 4 is 0 Å². The molecule has 2 aliphatic rings. The molecule has 118 valence electrons. The van der Waals surface area contributed by atoms with Gasteiger partial charge < -0.3 is 9.73 Å². The number of likely N-dealkylation sites (tertiary alicyclic amines) is 1. The van der Waals surface area contributed by atoms with Crippen LogP contribution in [0.1, 0.15) is 63.0 Å². The zero-order chi connectivity index (χ0) is 14.7. The highest BCUT2D eigenvalue weighted by Gasteiger charge is 2.27. The Labute approximate surface area is 129 Å². The first-order valence-electron chi connectivity index (χ1n) is 8.76. The van der Waals surface area contributed by atoms with E-state index in [0.29, 0.717) is 12.1 Å². The van der Waals surface area contributed by atoms with E-state index < -0.39 is 0 Å². The molecule has 1 aromatic heterocycles. The van der Waals surface area contributed by atoms with Crippen LogP contribution in [0.25, 0.3) is 0 Å². The summed E-state index contributed by atoms with van der Waals surface area (Å²) in [7, 11) is 0. The molecule has 0 bridgehead atoms. The first-order chi connectivity index (χ1) is 10.2. The van der Waals surface area contributed by atoms with Crippen molar-refractivity contribution in [3.63, 3.8) is 0 Å². The van der Waals surface area contributed by atoms with E-state index >= 15 is 0 Å². The van der Waals surface area contributed by atoms with Gasteiger partial charge in [-0.2, -0.15) is 0 Å². The predicted molar refractivity (Wildman–Crippen MR) is 86.4 cm³/mol. The summed E-state index contributed by atoms with van der Waals surface area (Å²) in [6.07, 6.45) is 8.10. The molecule has 3 nitrogen and oxygen atoms in total. The molecule has 0 spiro atoms. The molecule has 1 aromatic rings. The SMILES string of the molecule is Cc1ccc(C(CNC2CCC(C)CC2)N2CCCC2)o1. The molecule has 1 atom stereocenters. The highest BCUT2D eigenvalue weighted by molar-refractivity contribution is 5.11. The van der Waals surface area contributed by atoms with Crippen molar-refractivity contribution in [3.05, 3.63) is 23.7 Å². The summed E-state index contributed by atoms with van der Waals surface area (Å²) >= 11 is 0. The molecule has 0 aromatic carbocycles. The first-order valence-corrected chi connectivity index (χ1v) is 8.76. The van der Waals surface area contributed by atoms with E-state index in [9.17, 15) is 0 Å². The van der Waals surface area contributed by atoms with Gasteiger partial charge in [0, 0.05) is 12.6 Å². The van der Waals surface area contributed by atoms with Crippen molar-refractivity contribution in [1.29, 1.82) is 0 Å². The molecule has 1 N–H and O–H groups in total. The quantitative estimate of drug-likeness (QED) is 0.891. The molecule has 1 saturated carbocycles. The summed E-state index contributed by atoms with van der Waals surface area (Å²) in [5.74, 6) is 3.09. The summed E-state index contributed by atoms with van der Waals surface area (Å²) in [5, 5.41) is 3.83. The number of rotatable bonds is 5. The number of aryl methyl sites for hydroxylation is 1. The Morgan fingerprint density at radius 1 is 1.19 bits per heavy atom. The van der Waals surface area contributed by atoms with Crippen LogP contribution in [0.15, 0.2) is 16.5 Å². The lowest BCUT2D eigenvalue weighted by molar-refractivity contribution is 0.194. The average Bonchev–Trinajstić information content (AvgIpc) is 3.13. The summed E-state index contributed by atoms with van der Waals surface area (Å²) in [6, 6.07) is 5.40. The smallest absolute Gasteiger partial charge is 0.122 e. The van der Waals surface area contributed by atoms with Gasteiger partial charge in [-0.1, -0.05) is 6.92 Å². The van der Waals surface area contributed by atoms with Gasteiger partial charge in [0.05, 0.1) is 6.04 Å². The van der Waals surface area contributed by atoms with E-state index in [1.165, 1.54) is 51.6 Å². The zero-order valence-corrected chi connectivity index (χ0v) is 13.6. The summed E-state index contributed by atoms with van der Waals surface area (Å²) in [5.41, 5.74) is 0. The van der Waals surface area contributed by atoms with Crippen molar-refractivity contribution in [3.8, 4) is 0 Å². The topological polar surface area (TPSA) is 28.4 Å². The van der Waals surface area contributed by atoms with Gasteiger partial charge >= 0.3 is 0 Å². The average molecular weight is 290 g/mol. The molecule has 0 amide bonds. The van der Waals surface area contributed by atoms with Crippen molar-refractivity contribution < 1.29 is 4.42 Å². The third kappa shape index (κ3) is 3.89. The molecular formula is C18H30N2O. The molecule has 3 rings (SSSR count). The second kappa shape index (κ2) is 6.97. The van der Waals surface area contributed by atoms with Crippen LogP contribution in [0.5, 0.6) is 0 Å². The van der Waals surface area contributed by atoms with E-state index in [0.717, 1.165) is 24.0 Å². The van der Waals surface area contributed by atoms with Gasteiger partial charge in [0.1, 0.15) is 11.5 Å². The van der Waals surface area contributed by atoms with E-state index in [1.54, 1.807) is 0 Å². The van der Waals surface area contributed by atoms with E-state index in [1.807, 2.05) is 6.92 Å². The van der Waals surface area contributed by atoms with Crippen LogP contribution < -0.4 is 5.32 Å². The molecule has 1 saturated heterocycles. The standard InChI is InChI=1S/C18H30N2O/c1-14-5-8-16(9-6-14)19-13-17(20-11-3-4-12-20)18-10-7-15(2)21-18/h7,10,14,16-17,19H,3-6,8-9,11-13H2,1-2H3. The Morgan fingerprint density at radius 3 is 2.52 bits per heavy atom. The lowest BCUT2D eigenvalue weighted by atomic mass is 9.87. The Hall–Kier alpha value is -0.800. The van der Waals surface area contributed by atoms with Gasteiger partial charge in [-0.25, -0.2) is 0 Å². The number of nitrogens with zero attached hydrogens (tertiary/aromatic N) is 1. The molecule has 21 heavy (non-hydrogen) atoms. The van der Waals surface area contributed by atoms with E-state index in [4.69, 9.17) is 4.42 Å². The van der Waals surface area contributed by atoms with E-state index in [2.05, 4.69) is 29.3 Å². The monoisotopic (exact) mass is 290 g/mol. The number of hydrogen-bond acceptors (Lipinski definition) is 3. The molecule has 0 radical (unpaired) electrons. The number of hydrogen-bond donors (Lipinski definition) is 1. The minimum atomic E-state index is 0.417. The van der Waals surface area contributed by atoms with Gasteiger partial charge in [0.2, 0.25) is 0 Å². The van der Waals surface area contributed by atoms with Crippen LogP contribution in [0.3, 0.4) is 0 Å². The van der Waals surface area contributed by atoms with Crippen LogP contribution >= 0.6 is 0 Å². The Kier molecular flexibility index (Phi) is 5.02. The lowest BCUT2D eigenvalue weighted by Gasteiger charge is -2.31. The van der Waals surface area contributed by atoms with Crippen LogP contribution in [-0.2, 0) is 0 Å². The fraction of sp³-hybridized carbons (Fsp3) is 0.778. The zero-order valence-electron chi connectivity index (χ0n) is 13.6. The fourth-order valence-corrected chi connectivity index (χ4v) is 3.84. The van der Waals surface area contributed by atoms with Crippen LogP contribution in [0.4, 0.5) is 0 Å². The third-order valence-corrected chi connectivity index (χ3v) is 5.29. The second-order valence-corrected chi connectivity index (χ2v) is 7.07. The highest BCUT2D eigenvalue weighted by Crippen LogP contribution is 2.28. The van der Waals surface area contributed by atoms with Crippen molar-refractivity contribution in [2.45, 2.75) is 64.5 Å². The van der Waals surface area contributed by atoms with Crippen LogP contribution in [0, 0.1) is 12.8 Å². The molecule has 2 fully saturated rings. The molecule has 1 aliphatic heterocycles. The molecule has 1 unspecified atom stereocenters. The van der Waals surface area contributed by atoms with Gasteiger partial charge in [-0.3, -0.25) is 4.90 Å². The van der Waals surface area contributed by atoms with Gasteiger partial charge in [0.15, 0.2) is 0 Å². The maximum atomic E-state index is 5.93. The molecule has 1 aliphatic carbocycles. The van der Waals surface area contributed by atoms with Crippen molar-refractivity contribution in [1.82, 2.24) is 10.2 Å². The number of furan rings is 1. The molecular weight excluding hydrogens is 260 g/mol.